The largest absolute Gasteiger partial charge is 0.412 e. The van der Waals surface area contributed by atoms with Crippen molar-refractivity contribution >= 4 is 5.69 Å². The minimum absolute atomic E-state index is 0. The summed E-state index contributed by atoms with van der Waals surface area (Å²) in [5, 5.41) is 8.06. The average molecular weight is 171 g/mol. The van der Waals surface area contributed by atoms with Crippen LogP contribution in [0.1, 0.15) is 13.8 Å². The van der Waals surface area contributed by atoms with Crippen LogP contribution in [0.15, 0.2) is 30.3 Å². The fourth-order valence-corrected chi connectivity index (χ4v) is 0.453. The summed E-state index contributed by atoms with van der Waals surface area (Å²) in [6, 6.07) is 9.49. The number of rotatable bonds is 0. The second kappa shape index (κ2) is 8.04. The third kappa shape index (κ3) is 11.7. The lowest BCUT2D eigenvalue weighted by Gasteiger charge is -1.83. The van der Waals surface area contributed by atoms with Gasteiger partial charge in [-0.1, -0.05) is 18.2 Å². The van der Waals surface area contributed by atoms with E-state index in [1.54, 1.807) is 13.8 Å². The van der Waals surface area contributed by atoms with E-state index >= 15 is 0 Å². The maximum Gasteiger partial charge on any atom is 0.0483 e. The van der Waals surface area contributed by atoms with Gasteiger partial charge in [0.15, 0.2) is 0 Å². The van der Waals surface area contributed by atoms with E-state index in [-0.39, 0.29) is 11.6 Å². The molecule has 1 aromatic carbocycles. The molecular weight excluding hydrogens is 154 g/mol. The first-order valence-electron chi connectivity index (χ1n) is 3.61. The third-order valence-corrected chi connectivity index (χ3v) is 0.800. The van der Waals surface area contributed by atoms with Gasteiger partial charge in [-0.05, 0) is 26.0 Å². The van der Waals surface area contributed by atoms with Crippen molar-refractivity contribution in [2.75, 3.05) is 5.73 Å². The van der Waals surface area contributed by atoms with Gasteiger partial charge in [0.25, 0.3) is 0 Å². The summed E-state index contributed by atoms with van der Waals surface area (Å²) in [5.74, 6) is 0. The van der Waals surface area contributed by atoms with E-state index in [0.717, 1.165) is 5.69 Å². The van der Waals surface area contributed by atoms with E-state index in [2.05, 4.69) is 0 Å². The Bertz CT molecular complexity index is 172. The molecule has 0 aliphatic heterocycles. The first-order valence-corrected chi connectivity index (χ1v) is 3.61. The third-order valence-electron chi connectivity index (χ3n) is 0.800. The van der Waals surface area contributed by atoms with Crippen molar-refractivity contribution in [3.8, 4) is 0 Å². The number of nitrogens with two attached hydrogens (primary N) is 1. The molecule has 0 unspecified atom stereocenters. The van der Waals surface area contributed by atoms with E-state index in [1.165, 1.54) is 0 Å². The molecule has 0 spiro atoms. The van der Waals surface area contributed by atoms with Crippen LogP contribution in [0, 0.1) is 0 Å². The zero-order chi connectivity index (χ0) is 8.69. The van der Waals surface area contributed by atoms with Crippen LogP contribution in [0.5, 0.6) is 0 Å². The quantitative estimate of drug-likeness (QED) is 0.567. The molecule has 5 N–H and O–H groups in total. The zero-order valence-corrected chi connectivity index (χ0v) is 7.49. The van der Waals surface area contributed by atoms with Crippen LogP contribution in [0.25, 0.3) is 0 Å². The smallest absolute Gasteiger partial charge is 0.0483 e. The summed E-state index contributed by atoms with van der Waals surface area (Å²) in [7, 11) is 0. The molecule has 0 amide bonds. The van der Waals surface area contributed by atoms with Crippen molar-refractivity contribution in [2.24, 2.45) is 0 Å². The summed E-state index contributed by atoms with van der Waals surface area (Å²) in [4.78, 5) is 0. The topological polar surface area (TPSA) is 77.8 Å². The SMILES string of the molecule is CC(C)O.Nc1ccccc1.O. The molecule has 0 heterocycles. The van der Waals surface area contributed by atoms with Crippen LogP contribution in [0.2, 0.25) is 0 Å². The second-order valence-electron chi connectivity index (χ2n) is 2.50. The summed E-state index contributed by atoms with van der Waals surface area (Å²) < 4.78 is 0. The molecule has 12 heavy (non-hydrogen) atoms. The fourth-order valence-electron chi connectivity index (χ4n) is 0.453. The number of hydrogen-bond acceptors (Lipinski definition) is 2. The molecule has 0 aliphatic rings. The Hall–Kier alpha value is -1.06. The standard InChI is InChI=1S/C6H7N.C3H8O.H2O/c7-6-4-2-1-3-5-6;1-3(2)4;/h1-5H,7H2;3-4H,1-2H3;1H2. The molecule has 3 nitrogen and oxygen atoms in total. The molecule has 0 aliphatic carbocycles. The highest BCUT2D eigenvalue weighted by molar-refractivity contribution is 5.35. The number of hydrogen-bond donors (Lipinski definition) is 2. The summed E-state index contributed by atoms with van der Waals surface area (Å²) in [6.45, 7) is 3.44. The average Bonchev–Trinajstić information content (AvgIpc) is 1.87. The van der Waals surface area contributed by atoms with Gasteiger partial charge in [-0.15, -0.1) is 0 Å². The Morgan fingerprint density at radius 2 is 1.50 bits per heavy atom. The highest BCUT2D eigenvalue weighted by Crippen LogP contribution is 1.95. The first-order chi connectivity index (χ1) is 5.13. The Kier molecular flexibility index (Phi) is 9.06. The van der Waals surface area contributed by atoms with Gasteiger partial charge in [-0.25, -0.2) is 0 Å². The van der Waals surface area contributed by atoms with Gasteiger partial charge in [0.1, 0.15) is 0 Å². The van der Waals surface area contributed by atoms with Crippen LogP contribution in [0.3, 0.4) is 0 Å². The summed E-state index contributed by atoms with van der Waals surface area (Å²) in [5.41, 5.74) is 6.18. The second-order valence-corrected chi connectivity index (χ2v) is 2.50. The molecule has 0 saturated carbocycles. The Morgan fingerprint density at radius 3 is 1.67 bits per heavy atom. The van der Waals surface area contributed by atoms with Gasteiger partial charge in [0.2, 0.25) is 0 Å². The van der Waals surface area contributed by atoms with Gasteiger partial charge in [-0.2, -0.15) is 0 Å². The summed E-state index contributed by atoms with van der Waals surface area (Å²) >= 11 is 0. The molecule has 3 heteroatoms. The lowest BCUT2D eigenvalue weighted by Crippen LogP contribution is -1.85. The van der Waals surface area contributed by atoms with Gasteiger partial charge < -0.3 is 16.3 Å². The molecule has 1 aromatic rings. The van der Waals surface area contributed by atoms with E-state index in [9.17, 15) is 0 Å². The van der Waals surface area contributed by atoms with Gasteiger partial charge >= 0.3 is 0 Å². The highest BCUT2D eigenvalue weighted by Gasteiger charge is 1.72. The maximum absolute atomic E-state index is 8.06. The van der Waals surface area contributed by atoms with Crippen molar-refractivity contribution < 1.29 is 10.6 Å². The van der Waals surface area contributed by atoms with Crippen molar-refractivity contribution in [1.82, 2.24) is 0 Å². The van der Waals surface area contributed by atoms with Crippen molar-refractivity contribution in [3.63, 3.8) is 0 Å². The van der Waals surface area contributed by atoms with Crippen LogP contribution < -0.4 is 5.73 Å². The molecule has 70 valence electrons. The molecular formula is C9H17NO2. The number of para-hydroxylation sites is 1. The fraction of sp³-hybridized carbons (Fsp3) is 0.333. The maximum atomic E-state index is 8.06. The predicted molar refractivity (Wildman–Crippen MR) is 51.8 cm³/mol. The lowest BCUT2D eigenvalue weighted by molar-refractivity contribution is 0.216. The molecule has 0 fully saturated rings. The van der Waals surface area contributed by atoms with E-state index < -0.39 is 0 Å². The Labute approximate surface area is 73.1 Å². The van der Waals surface area contributed by atoms with Crippen LogP contribution >= 0.6 is 0 Å². The van der Waals surface area contributed by atoms with Gasteiger partial charge in [-0.3, -0.25) is 0 Å². The lowest BCUT2D eigenvalue weighted by atomic mass is 10.3. The number of aliphatic hydroxyl groups is 1. The van der Waals surface area contributed by atoms with Crippen LogP contribution in [0.4, 0.5) is 5.69 Å². The zero-order valence-electron chi connectivity index (χ0n) is 7.49. The molecule has 0 aromatic heterocycles. The Morgan fingerprint density at radius 1 is 1.17 bits per heavy atom. The van der Waals surface area contributed by atoms with Crippen molar-refractivity contribution in [2.45, 2.75) is 20.0 Å². The number of nitrogen functional groups attached to an aromatic ring is 1. The molecule has 0 bridgehead atoms. The van der Waals surface area contributed by atoms with E-state index in [4.69, 9.17) is 10.8 Å². The number of benzene rings is 1. The minimum Gasteiger partial charge on any atom is -0.412 e. The molecule has 0 radical (unpaired) electrons. The molecule has 0 atom stereocenters. The van der Waals surface area contributed by atoms with Crippen molar-refractivity contribution in [1.29, 1.82) is 0 Å². The Balaban J connectivity index is 0. The highest BCUT2D eigenvalue weighted by atomic mass is 16.3. The van der Waals surface area contributed by atoms with Gasteiger partial charge in [0, 0.05) is 11.8 Å². The van der Waals surface area contributed by atoms with Crippen LogP contribution in [-0.4, -0.2) is 16.7 Å². The normalized spacial score (nSPS) is 8.00. The monoisotopic (exact) mass is 171 g/mol. The van der Waals surface area contributed by atoms with Crippen LogP contribution in [-0.2, 0) is 0 Å². The van der Waals surface area contributed by atoms with E-state index in [1.807, 2.05) is 30.3 Å². The molecule has 0 saturated heterocycles. The minimum atomic E-state index is -0.167. The molecule has 1 rings (SSSR count). The van der Waals surface area contributed by atoms with E-state index in [0.29, 0.717) is 0 Å². The number of aliphatic hydroxyl groups excluding tert-OH is 1. The summed E-state index contributed by atoms with van der Waals surface area (Å²) in [6.07, 6.45) is -0.167. The van der Waals surface area contributed by atoms with Crippen molar-refractivity contribution in [3.05, 3.63) is 30.3 Å². The predicted octanol–water partition coefficient (Wildman–Crippen LogP) is 0.831. The first kappa shape index (κ1) is 13.5. The number of anilines is 1. The van der Waals surface area contributed by atoms with Gasteiger partial charge in [0.05, 0.1) is 0 Å².